The van der Waals surface area contributed by atoms with Crippen LogP contribution in [0.25, 0.3) is 76.8 Å². The van der Waals surface area contributed by atoms with Gasteiger partial charge in [0, 0.05) is 27.5 Å². The van der Waals surface area contributed by atoms with Crippen molar-refractivity contribution in [3.63, 3.8) is 0 Å². The number of benzene rings is 8. The number of para-hydroxylation sites is 2. The van der Waals surface area contributed by atoms with Gasteiger partial charge in [0.1, 0.15) is 0 Å². The molecule has 8 aromatic carbocycles. The maximum atomic E-state index is 6.67. The quantitative estimate of drug-likeness (QED) is 0.188. The lowest BCUT2D eigenvalue weighted by Gasteiger charge is -2.26. The fourth-order valence-electron chi connectivity index (χ4n) is 7.37. The predicted octanol–water partition coefficient (Wildman–Crippen LogP) is 13.2. The zero-order valence-electron chi connectivity index (χ0n) is 27.1. The summed E-state index contributed by atoms with van der Waals surface area (Å²) in [5, 5.41) is 8.08. The molecule has 234 valence electrons. The molecule has 3 heteroatoms. The number of rotatable bonds is 5. The molecule has 2 aromatic heterocycles. The Labute approximate surface area is 289 Å². The predicted molar refractivity (Wildman–Crippen MR) is 210 cm³/mol. The van der Waals surface area contributed by atoms with Crippen LogP contribution in [0.3, 0.4) is 0 Å². The number of aromatic nitrogens is 1. The molecule has 3 nitrogen and oxygen atoms in total. The topological polar surface area (TPSA) is 29.3 Å². The van der Waals surface area contributed by atoms with Crippen LogP contribution in [0.5, 0.6) is 0 Å². The molecular weight excluding hydrogens is 609 g/mol. The first-order valence-corrected chi connectivity index (χ1v) is 17.0. The van der Waals surface area contributed by atoms with Gasteiger partial charge in [0.25, 0.3) is 0 Å². The zero-order chi connectivity index (χ0) is 33.0. The fraction of sp³-hybridized carbons (Fsp3) is 0. The van der Waals surface area contributed by atoms with Crippen LogP contribution in [0.15, 0.2) is 186 Å². The smallest absolute Gasteiger partial charge is 0.228 e. The second-order valence-electron chi connectivity index (χ2n) is 12.8. The summed E-state index contributed by atoms with van der Waals surface area (Å²) in [7, 11) is 0. The summed E-state index contributed by atoms with van der Waals surface area (Å²) in [6.45, 7) is 0. The molecule has 0 saturated carbocycles. The Kier molecular flexibility index (Phi) is 6.49. The maximum Gasteiger partial charge on any atom is 0.228 e. The monoisotopic (exact) mass is 638 g/mol. The van der Waals surface area contributed by atoms with Crippen molar-refractivity contribution in [3.05, 3.63) is 182 Å². The SMILES string of the molecule is c1cc(-c2cccc3ccccc23)cc(N(c2ccc(-c3ccc4ccccc4c3)cc2)c2cccc3c2oc2nc4ccccc4cc23)c1. The number of fused-ring (bicyclic) bond motifs is 6. The molecule has 0 saturated heterocycles. The molecule has 0 radical (unpaired) electrons. The Bertz CT molecular complexity index is 2880. The van der Waals surface area contributed by atoms with Crippen LogP contribution in [-0.4, -0.2) is 4.98 Å². The van der Waals surface area contributed by atoms with Gasteiger partial charge < -0.3 is 9.32 Å². The third-order valence-corrected chi connectivity index (χ3v) is 9.83. The average Bonchev–Trinajstić information content (AvgIpc) is 3.55. The van der Waals surface area contributed by atoms with Crippen molar-refractivity contribution in [2.24, 2.45) is 0 Å². The molecule has 2 heterocycles. The summed E-state index contributed by atoms with van der Waals surface area (Å²) in [4.78, 5) is 7.23. The number of furan rings is 1. The number of anilines is 3. The summed E-state index contributed by atoms with van der Waals surface area (Å²) in [5.41, 5.74) is 10.1. The third kappa shape index (κ3) is 4.71. The summed E-state index contributed by atoms with van der Waals surface area (Å²) in [6.07, 6.45) is 0. The van der Waals surface area contributed by atoms with Crippen LogP contribution >= 0.6 is 0 Å². The lowest BCUT2D eigenvalue weighted by atomic mass is 9.97. The van der Waals surface area contributed by atoms with Gasteiger partial charge in [-0.3, -0.25) is 0 Å². The van der Waals surface area contributed by atoms with Gasteiger partial charge in [0.2, 0.25) is 5.71 Å². The van der Waals surface area contributed by atoms with Crippen LogP contribution in [0.2, 0.25) is 0 Å². The second kappa shape index (κ2) is 11.5. The Morgan fingerprint density at radius 2 is 1.10 bits per heavy atom. The van der Waals surface area contributed by atoms with E-state index in [9.17, 15) is 0 Å². The summed E-state index contributed by atoms with van der Waals surface area (Å²) in [6, 6.07) is 64.7. The molecule has 0 atom stereocenters. The molecule has 0 N–H and O–H groups in total. The van der Waals surface area contributed by atoms with Crippen LogP contribution in [0.1, 0.15) is 0 Å². The summed E-state index contributed by atoms with van der Waals surface area (Å²) in [5.74, 6) is 0. The molecule has 10 aromatic rings. The van der Waals surface area contributed by atoms with Crippen LogP contribution < -0.4 is 4.90 Å². The van der Waals surface area contributed by atoms with E-state index in [1.807, 2.05) is 12.1 Å². The molecule has 0 aliphatic rings. The molecule has 0 bridgehead atoms. The van der Waals surface area contributed by atoms with E-state index < -0.39 is 0 Å². The number of hydrogen-bond acceptors (Lipinski definition) is 3. The van der Waals surface area contributed by atoms with Crippen molar-refractivity contribution >= 4 is 71.6 Å². The molecule has 0 aliphatic carbocycles. The average molecular weight is 639 g/mol. The highest BCUT2D eigenvalue weighted by molar-refractivity contribution is 6.12. The van der Waals surface area contributed by atoms with Gasteiger partial charge in [-0.15, -0.1) is 0 Å². The molecule has 0 unspecified atom stereocenters. The van der Waals surface area contributed by atoms with Gasteiger partial charge in [-0.2, -0.15) is 0 Å². The zero-order valence-corrected chi connectivity index (χ0v) is 27.1. The van der Waals surface area contributed by atoms with E-state index in [0.717, 1.165) is 49.9 Å². The van der Waals surface area contributed by atoms with E-state index >= 15 is 0 Å². The summed E-state index contributed by atoms with van der Waals surface area (Å²) < 4.78 is 6.67. The first-order valence-electron chi connectivity index (χ1n) is 17.0. The van der Waals surface area contributed by atoms with Crippen LogP contribution in [-0.2, 0) is 0 Å². The van der Waals surface area contributed by atoms with Crippen molar-refractivity contribution in [3.8, 4) is 22.3 Å². The van der Waals surface area contributed by atoms with E-state index in [1.165, 1.54) is 38.2 Å². The van der Waals surface area contributed by atoms with E-state index in [0.29, 0.717) is 5.71 Å². The standard InChI is InChI=1S/C47H30N2O/c1-2-12-34-28-35(23-22-31(34)10-1)32-24-26-38(27-25-32)49(39-16-7-15-36(29-39)41-18-8-14-33-11-3-5-17-40(33)41)45-21-9-19-42-43-30-37-13-4-6-20-44(37)48-47(43)50-46(42)45/h1-30H. The van der Waals surface area contributed by atoms with E-state index in [-0.39, 0.29) is 0 Å². The highest BCUT2D eigenvalue weighted by Crippen LogP contribution is 2.44. The highest BCUT2D eigenvalue weighted by atomic mass is 16.3. The normalized spacial score (nSPS) is 11.6. The molecular formula is C47H30N2O. The second-order valence-corrected chi connectivity index (χ2v) is 12.8. The van der Waals surface area contributed by atoms with Gasteiger partial charge in [0.15, 0.2) is 5.58 Å². The lowest BCUT2D eigenvalue weighted by Crippen LogP contribution is -2.10. The molecule has 50 heavy (non-hydrogen) atoms. The van der Waals surface area contributed by atoms with Gasteiger partial charge in [-0.05, 0) is 92.3 Å². The Morgan fingerprint density at radius 3 is 2.00 bits per heavy atom. The maximum absolute atomic E-state index is 6.67. The van der Waals surface area contributed by atoms with Crippen molar-refractivity contribution in [1.82, 2.24) is 4.98 Å². The Hall–Kier alpha value is -6.71. The van der Waals surface area contributed by atoms with Crippen molar-refractivity contribution in [2.45, 2.75) is 0 Å². The number of nitrogens with zero attached hydrogens (tertiary/aromatic N) is 2. The van der Waals surface area contributed by atoms with E-state index in [4.69, 9.17) is 9.40 Å². The fourth-order valence-corrected chi connectivity index (χ4v) is 7.37. The van der Waals surface area contributed by atoms with Crippen molar-refractivity contribution in [1.29, 1.82) is 0 Å². The lowest BCUT2D eigenvalue weighted by molar-refractivity contribution is 0.656. The molecule has 0 fully saturated rings. The molecule has 0 amide bonds. The van der Waals surface area contributed by atoms with Crippen LogP contribution in [0.4, 0.5) is 17.1 Å². The molecule has 0 aliphatic heterocycles. The van der Waals surface area contributed by atoms with E-state index in [2.05, 4.69) is 175 Å². The minimum atomic E-state index is 0.641. The van der Waals surface area contributed by atoms with Crippen LogP contribution in [0, 0.1) is 0 Å². The van der Waals surface area contributed by atoms with Crippen molar-refractivity contribution < 1.29 is 4.42 Å². The number of pyridine rings is 1. The minimum absolute atomic E-state index is 0.641. The number of hydrogen-bond donors (Lipinski definition) is 0. The highest BCUT2D eigenvalue weighted by Gasteiger charge is 2.21. The Balaban J connectivity index is 1.16. The minimum Gasteiger partial charge on any atom is -0.435 e. The molecule has 0 spiro atoms. The van der Waals surface area contributed by atoms with Gasteiger partial charge in [-0.1, -0.05) is 133 Å². The van der Waals surface area contributed by atoms with E-state index in [1.54, 1.807) is 0 Å². The van der Waals surface area contributed by atoms with Gasteiger partial charge in [0.05, 0.1) is 11.2 Å². The molecule has 10 rings (SSSR count). The first kappa shape index (κ1) is 28.3. The largest absolute Gasteiger partial charge is 0.435 e. The summed E-state index contributed by atoms with van der Waals surface area (Å²) >= 11 is 0. The third-order valence-electron chi connectivity index (χ3n) is 9.83. The van der Waals surface area contributed by atoms with Gasteiger partial charge >= 0.3 is 0 Å². The Morgan fingerprint density at radius 1 is 0.400 bits per heavy atom. The van der Waals surface area contributed by atoms with Crippen molar-refractivity contribution in [2.75, 3.05) is 4.90 Å². The van der Waals surface area contributed by atoms with Gasteiger partial charge in [-0.25, -0.2) is 4.98 Å². The first-order chi connectivity index (χ1) is 24.8.